The van der Waals surface area contributed by atoms with Gasteiger partial charge >= 0.3 is 6.18 Å². The third-order valence-corrected chi connectivity index (χ3v) is 3.21. The molecule has 1 heterocycles. The number of hydrogen-bond donors (Lipinski definition) is 1. The van der Waals surface area contributed by atoms with E-state index in [0.717, 1.165) is 23.0 Å². The van der Waals surface area contributed by atoms with Crippen LogP contribution < -0.4 is 5.73 Å². The van der Waals surface area contributed by atoms with Crippen LogP contribution in [0.1, 0.15) is 5.56 Å². The van der Waals surface area contributed by atoms with E-state index >= 15 is 0 Å². The summed E-state index contributed by atoms with van der Waals surface area (Å²) in [4.78, 5) is 0. The number of nitrogen functional groups attached to an aromatic ring is 1. The number of aromatic nitrogens is 1. The van der Waals surface area contributed by atoms with Gasteiger partial charge in [-0.25, -0.2) is 0 Å². The van der Waals surface area contributed by atoms with Crippen LogP contribution in [0.15, 0.2) is 54.7 Å². The van der Waals surface area contributed by atoms with Gasteiger partial charge < -0.3 is 10.3 Å². The summed E-state index contributed by atoms with van der Waals surface area (Å²) in [5, 5.41) is 1.01. The van der Waals surface area contributed by atoms with Crippen molar-refractivity contribution in [3.05, 3.63) is 60.3 Å². The molecule has 2 N–H and O–H groups in total. The van der Waals surface area contributed by atoms with Gasteiger partial charge in [0.2, 0.25) is 0 Å². The van der Waals surface area contributed by atoms with E-state index in [-0.39, 0.29) is 5.69 Å². The number of alkyl halides is 3. The number of halogens is 3. The lowest BCUT2D eigenvalue weighted by molar-refractivity contribution is -0.137. The maximum atomic E-state index is 12.6. The average Bonchev–Trinajstić information content (AvgIpc) is 2.81. The molecule has 20 heavy (non-hydrogen) atoms. The molecule has 0 spiro atoms. The van der Waals surface area contributed by atoms with Gasteiger partial charge in [-0.05, 0) is 35.7 Å². The minimum absolute atomic E-state index is 0.0983. The van der Waals surface area contributed by atoms with Crippen LogP contribution in [0.2, 0.25) is 0 Å². The molecule has 2 aromatic carbocycles. The van der Waals surface area contributed by atoms with Crippen molar-refractivity contribution in [2.24, 2.45) is 0 Å². The zero-order valence-corrected chi connectivity index (χ0v) is 10.4. The fourth-order valence-corrected chi connectivity index (χ4v) is 2.24. The molecule has 0 bridgehead atoms. The molecule has 0 radical (unpaired) electrons. The lowest BCUT2D eigenvalue weighted by Crippen LogP contribution is -2.07. The van der Waals surface area contributed by atoms with E-state index in [1.54, 1.807) is 10.8 Å². The SMILES string of the molecule is Nc1cc(C(F)(F)F)ccc1-n1ccc2ccccc21. The Hall–Kier alpha value is -2.43. The number of rotatable bonds is 1. The molecule has 0 aliphatic heterocycles. The molecule has 0 aliphatic carbocycles. The van der Waals surface area contributed by atoms with E-state index in [1.165, 1.54) is 6.07 Å². The number of nitrogens with two attached hydrogens (primary N) is 1. The third-order valence-electron chi connectivity index (χ3n) is 3.21. The topological polar surface area (TPSA) is 30.9 Å². The van der Waals surface area contributed by atoms with Crippen molar-refractivity contribution in [2.75, 3.05) is 5.73 Å². The van der Waals surface area contributed by atoms with Crippen molar-refractivity contribution >= 4 is 16.6 Å². The van der Waals surface area contributed by atoms with Crippen LogP contribution in [0.3, 0.4) is 0 Å². The third kappa shape index (κ3) is 2.01. The van der Waals surface area contributed by atoms with Crippen molar-refractivity contribution in [3.8, 4) is 5.69 Å². The van der Waals surface area contributed by atoms with E-state index in [4.69, 9.17) is 5.73 Å². The second kappa shape index (κ2) is 4.30. The van der Waals surface area contributed by atoms with Gasteiger partial charge in [0.25, 0.3) is 0 Å². The van der Waals surface area contributed by atoms with Crippen molar-refractivity contribution in [3.63, 3.8) is 0 Å². The lowest BCUT2D eigenvalue weighted by atomic mass is 10.1. The Morgan fingerprint density at radius 1 is 0.950 bits per heavy atom. The number of hydrogen-bond acceptors (Lipinski definition) is 1. The first kappa shape index (κ1) is 12.6. The summed E-state index contributed by atoms with van der Waals surface area (Å²) in [6.07, 6.45) is -2.59. The fourth-order valence-electron chi connectivity index (χ4n) is 2.24. The van der Waals surface area contributed by atoms with Crippen LogP contribution in [0, 0.1) is 0 Å². The van der Waals surface area contributed by atoms with Crippen molar-refractivity contribution in [2.45, 2.75) is 6.18 Å². The summed E-state index contributed by atoms with van der Waals surface area (Å²) in [5.41, 5.74) is 6.58. The summed E-state index contributed by atoms with van der Waals surface area (Å²) in [6, 6.07) is 12.9. The van der Waals surface area contributed by atoms with Gasteiger partial charge in [0.15, 0.2) is 0 Å². The molecule has 0 amide bonds. The Balaban J connectivity index is 2.16. The highest BCUT2D eigenvalue weighted by molar-refractivity contribution is 5.83. The predicted octanol–water partition coefficient (Wildman–Crippen LogP) is 4.23. The monoisotopic (exact) mass is 276 g/mol. The Kier molecular flexibility index (Phi) is 2.71. The van der Waals surface area contributed by atoms with E-state index in [9.17, 15) is 13.2 Å². The largest absolute Gasteiger partial charge is 0.416 e. The van der Waals surface area contributed by atoms with Crippen LogP contribution in [0.5, 0.6) is 0 Å². The minimum Gasteiger partial charge on any atom is -0.397 e. The Morgan fingerprint density at radius 3 is 2.40 bits per heavy atom. The van der Waals surface area contributed by atoms with Crippen LogP contribution in [-0.4, -0.2) is 4.57 Å². The Labute approximate surface area is 113 Å². The number of nitrogens with zero attached hydrogens (tertiary/aromatic N) is 1. The molecular weight excluding hydrogens is 265 g/mol. The Bertz CT molecular complexity index is 772. The first-order chi connectivity index (χ1) is 9.47. The summed E-state index contributed by atoms with van der Waals surface area (Å²) in [7, 11) is 0. The maximum Gasteiger partial charge on any atom is 0.416 e. The summed E-state index contributed by atoms with van der Waals surface area (Å²) >= 11 is 0. The second-order valence-electron chi connectivity index (χ2n) is 4.52. The summed E-state index contributed by atoms with van der Waals surface area (Å²) < 4.78 is 39.7. The number of anilines is 1. The molecule has 3 aromatic rings. The van der Waals surface area contributed by atoms with Crippen LogP contribution in [0.4, 0.5) is 18.9 Å². The minimum atomic E-state index is -4.38. The normalized spacial score (nSPS) is 11.9. The lowest BCUT2D eigenvalue weighted by Gasteiger charge is -2.12. The highest BCUT2D eigenvalue weighted by Gasteiger charge is 2.30. The summed E-state index contributed by atoms with van der Waals surface area (Å²) in [5.74, 6) is 0. The molecule has 102 valence electrons. The number of para-hydroxylation sites is 1. The van der Waals surface area contributed by atoms with Gasteiger partial charge in [0, 0.05) is 6.20 Å². The van der Waals surface area contributed by atoms with E-state index < -0.39 is 11.7 Å². The standard InChI is InChI=1S/C15H11F3N2/c16-15(17,18)11-5-6-14(12(19)9-11)20-8-7-10-3-1-2-4-13(10)20/h1-9H,19H2. The second-order valence-corrected chi connectivity index (χ2v) is 4.52. The van der Waals surface area contributed by atoms with Crippen LogP contribution in [0.25, 0.3) is 16.6 Å². The molecule has 0 saturated carbocycles. The van der Waals surface area contributed by atoms with E-state index in [2.05, 4.69) is 0 Å². The van der Waals surface area contributed by atoms with Gasteiger partial charge in [-0.2, -0.15) is 13.2 Å². The quantitative estimate of drug-likeness (QED) is 0.662. The van der Waals surface area contributed by atoms with Gasteiger partial charge in [0.05, 0.1) is 22.5 Å². The predicted molar refractivity (Wildman–Crippen MR) is 72.7 cm³/mol. The molecule has 2 nitrogen and oxygen atoms in total. The van der Waals surface area contributed by atoms with Crippen LogP contribution >= 0.6 is 0 Å². The molecule has 0 atom stereocenters. The maximum absolute atomic E-state index is 12.6. The molecule has 1 aromatic heterocycles. The van der Waals surface area contributed by atoms with E-state index in [1.807, 2.05) is 30.3 Å². The Morgan fingerprint density at radius 2 is 1.70 bits per heavy atom. The molecule has 0 aliphatic rings. The average molecular weight is 276 g/mol. The van der Waals surface area contributed by atoms with Crippen molar-refractivity contribution < 1.29 is 13.2 Å². The first-order valence-electron chi connectivity index (χ1n) is 6.00. The van der Waals surface area contributed by atoms with E-state index in [0.29, 0.717) is 5.69 Å². The smallest absolute Gasteiger partial charge is 0.397 e. The molecule has 0 fully saturated rings. The molecule has 3 rings (SSSR count). The highest BCUT2D eigenvalue weighted by Crippen LogP contribution is 2.33. The number of fused-ring (bicyclic) bond motifs is 1. The molecule has 0 saturated heterocycles. The molecule has 5 heteroatoms. The van der Waals surface area contributed by atoms with Crippen LogP contribution in [-0.2, 0) is 6.18 Å². The molecule has 0 unspecified atom stereocenters. The highest BCUT2D eigenvalue weighted by atomic mass is 19.4. The fraction of sp³-hybridized carbons (Fsp3) is 0.0667. The van der Waals surface area contributed by atoms with Gasteiger partial charge in [-0.3, -0.25) is 0 Å². The number of benzene rings is 2. The zero-order chi connectivity index (χ0) is 14.3. The van der Waals surface area contributed by atoms with Crippen molar-refractivity contribution in [1.29, 1.82) is 0 Å². The summed E-state index contributed by atoms with van der Waals surface area (Å²) in [6.45, 7) is 0. The van der Waals surface area contributed by atoms with Crippen molar-refractivity contribution in [1.82, 2.24) is 4.57 Å². The first-order valence-corrected chi connectivity index (χ1v) is 6.00. The zero-order valence-electron chi connectivity index (χ0n) is 10.4. The van der Waals surface area contributed by atoms with Gasteiger partial charge in [-0.1, -0.05) is 18.2 Å². The van der Waals surface area contributed by atoms with Gasteiger partial charge in [-0.15, -0.1) is 0 Å². The molecular formula is C15H11F3N2. The van der Waals surface area contributed by atoms with Gasteiger partial charge in [0.1, 0.15) is 0 Å².